The van der Waals surface area contributed by atoms with Gasteiger partial charge in [0.05, 0.1) is 0 Å². The summed E-state index contributed by atoms with van der Waals surface area (Å²) in [6.45, 7) is 4.80. The Morgan fingerprint density at radius 1 is 1.12 bits per heavy atom. The molecule has 0 spiro atoms. The minimum absolute atomic E-state index is 0.0618. The molecular formula is C17H24F3N5O. The van der Waals surface area contributed by atoms with E-state index in [0.29, 0.717) is 37.2 Å². The van der Waals surface area contributed by atoms with Gasteiger partial charge < -0.3 is 15.1 Å². The van der Waals surface area contributed by atoms with Crippen molar-refractivity contribution in [1.82, 2.24) is 15.3 Å². The van der Waals surface area contributed by atoms with Crippen molar-refractivity contribution in [2.45, 2.75) is 38.8 Å². The van der Waals surface area contributed by atoms with Crippen LogP contribution >= 0.6 is 0 Å². The number of anilines is 2. The van der Waals surface area contributed by atoms with Crippen LogP contribution in [0.4, 0.5) is 24.8 Å². The average Bonchev–Trinajstić information content (AvgIpc) is 3.14. The Labute approximate surface area is 150 Å². The molecule has 1 aromatic rings. The minimum Gasteiger partial charge on any atom is -0.356 e. The molecule has 0 atom stereocenters. The lowest BCUT2D eigenvalue weighted by Crippen LogP contribution is -2.39. The van der Waals surface area contributed by atoms with Crippen LogP contribution in [0.3, 0.4) is 0 Å². The van der Waals surface area contributed by atoms with Crippen LogP contribution in [0.25, 0.3) is 0 Å². The number of halogens is 3. The van der Waals surface area contributed by atoms with E-state index in [4.69, 9.17) is 0 Å². The van der Waals surface area contributed by atoms with E-state index < -0.39 is 12.0 Å². The van der Waals surface area contributed by atoms with E-state index in [1.54, 1.807) is 6.07 Å². The van der Waals surface area contributed by atoms with Gasteiger partial charge in [0, 0.05) is 45.7 Å². The van der Waals surface area contributed by atoms with Crippen molar-refractivity contribution in [3.63, 3.8) is 0 Å². The molecule has 0 saturated carbocycles. The normalized spacial score (nSPS) is 19.1. The number of carbonyl (C=O) groups is 1. The first-order valence-electron chi connectivity index (χ1n) is 9.03. The van der Waals surface area contributed by atoms with Crippen LogP contribution in [0.2, 0.25) is 0 Å². The second-order valence-electron chi connectivity index (χ2n) is 6.97. The van der Waals surface area contributed by atoms with E-state index in [2.05, 4.69) is 15.3 Å². The van der Waals surface area contributed by atoms with E-state index in [-0.39, 0.29) is 5.91 Å². The smallest absolute Gasteiger partial charge is 0.356 e. The number of alkyl halides is 3. The van der Waals surface area contributed by atoms with Gasteiger partial charge in [0.15, 0.2) is 0 Å². The number of piperidine rings is 1. The molecule has 3 rings (SSSR count). The molecule has 0 bridgehead atoms. The van der Waals surface area contributed by atoms with E-state index in [1.807, 2.05) is 9.80 Å². The van der Waals surface area contributed by atoms with Crippen molar-refractivity contribution in [3.05, 3.63) is 11.9 Å². The Hall–Kier alpha value is -2.06. The number of carbonyl (C=O) groups excluding carboxylic acids is 1. The summed E-state index contributed by atoms with van der Waals surface area (Å²) in [4.78, 5) is 22.4. The lowest BCUT2D eigenvalue weighted by molar-refractivity contribution is -0.144. The minimum atomic E-state index is -4.56. The van der Waals surface area contributed by atoms with Crippen LogP contribution in [-0.4, -0.2) is 48.6 Å². The number of aromatic nitrogens is 2. The van der Waals surface area contributed by atoms with Gasteiger partial charge in [-0.3, -0.25) is 4.79 Å². The van der Waals surface area contributed by atoms with E-state index in [1.165, 1.54) is 6.92 Å². The van der Waals surface area contributed by atoms with Gasteiger partial charge in [0.25, 0.3) is 0 Å². The van der Waals surface area contributed by atoms with Gasteiger partial charge in [-0.05, 0) is 31.6 Å². The SMILES string of the molecule is CC(=O)NCC1CCN(c2cc(N3CCCC3)nc(C(F)(F)F)n2)CC1. The molecule has 3 heterocycles. The summed E-state index contributed by atoms with van der Waals surface area (Å²) in [6, 6.07) is 1.68. The predicted octanol–water partition coefficient (Wildman–Crippen LogP) is 2.45. The molecule has 0 unspecified atom stereocenters. The molecule has 1 aromatic heterocycles. The van der Waals surface area contributed by atoms with Crippen LogP contribution < -0.4 is 15.1 Å². The summed E-state index contributed by atoms with van der Waals surface area (Å²) >= 11 is 0. The molecule has 26 heavy (non-hydrogen) atoms. The third-order valence-corrected chi connectivity index (χ3v) is 4.96. The fourth-order valence-electron chi connectivity index (χ4n) is 3.47. The van der Waals surface area contributed by atoms with Crippen molar-refractivity contribution < 1.29 is 18.0 Å². The predicted molar refractivity (Wildman–Crippen MR) is 92.1 cm³/mol. The topological polar surface area (TPSA) is 61.4 Å². The first-order chi connectivity index (χ1) is 12.3. The molecule has 1 N–H and O–H groups in total. The number of nitrogens with one attached hydrogen (secondary N) is 1. The summed E-state index contributed by atoms with van der Waals surface area (Å²) in [5, 5.41) is 2.81. The van der Waals surface area contributed by atoms with Crippen LogP contribution in [0, 0.1) is 5.92 Å². The Bertz CT molecular complexity index is 638. The highest BCUT2D eigenvalue weighted by molar-refractivity contribution is 5.72. The highest BCUT2D eigenvalue weighted by atomic mass is 19.4. The molecule has 1 amide bonds. The maximum Gasteiger partial charge on any atom is 0.451 e. The van der Waals surface area contributed by atoms with Crippen LogP contribution in [0.5, 0.6) is 0 Å². The molecule has 0 aromatic carbocycles. The fourth-order valence-corrected chi connectivity index (χ4v) is 3.47. The van der Waals surface area contributed by atoms with Crippen molar-refractivity contribution in [2.75, 3.05) is 42.5 Å². The molecular weight excluding hydrogens is 347 g/mol. The van der Waals surface area contributed by atoms with E-state index in [9.17, 15) is 18.0 Å². The van der Waals surface area contributed by atoms with Crippen molar-refractivity contribution in [2.24, 2.45) is 5.92 Å². The summed E-state index contributed by atoms with van der Waals surface area (Å²) in [7, 11) is 0. The van der Waals surface area contributed by atoms with Gasteiger partial charge in [-0.1, -0.05) is 0 Å². The fraction of sp³-hybridized carbons (Fsp3) is 0.706. The van der Waals surface area contributed by atoms with Crippen LogP contribution in [0.1, 0.15) is 38.4 Å². The molecule has 2 fully saturated rings. The zero-order chi connectivity index (χ0) is 18.7. The third kappa shape index (κ3) is 4.56. The Morgan fingerprint density at radius 2 is 1.65 bits per heavy atom. The maximum atomic E-state index is 13.2. The maximum absolute atomic E-state index is 13.2. The van der Waals surface area contributed by atoms with Gasteiger partial charge >= 0.3 is 6.18 Å². The lowest BCUT2D eigenvalue weighted by atomic mass is 9.97. The Morgan fingerprint density at radius 3 is 2.15 bits per heavy atom. The number of nitrogens with zero attached hydrogens (tertiary/aromatic N) is 4. The van der Waals surface area contributed by atoms with Gasteiger partial charge in [0.2, 0.25) is 11.7 Å². The standard InChI is InChI=1S/C17H24F3N5O/c1-12(26)21-11-13-4-8-25(9-5-13)15-10-14(24-6-2-3-7-24)22-16(23-15)17(18,19)20/h10,13H,2-9,11H2,1H3,(H,21,26). The summed E-state index contributed by atoms with van der Waals surface area (Å²) in [6.07, 6.45) is -1.01. The monoisotopic (exact) mass is 371 g/mol. The molecule has 0 radical (unpaired) electrons. The first-order valence-corrected chi connectivity index (χ1v) is 9.03. The van der Waals surface area contributed by atoms with Gasteiger partial charge in [-0.25, -0.2) is 9.97 Å². The molecule has 2 aliphatic rings. The molecule has 6 nitrogen and oxygen atoms in total. The number of hydrogen-bond donors (Lipinski definition) is 1. The summed E-state index contributed by atoms with van der Waals surface area (Å²) in [5.41, 5.74) is 0. The quantitative estimate of drug-likeness (QED) is 0.881. The number of hydrogen-bond acceptors (Lipinski definition) is 5. The summed E-state index contributed by atoms with van der Waals surface area (Å²) in [5.74, 6) is -0.0879. The van der Waals surface area contributed by atoms with Crippen molar-refractivity contribution in [3.8, 4) is 0 Å². The Balaban J connectivity index is 1.74. The first kappa shape index (κ1) is 18.7. The van der Waals surface area contributed by atoms with E-state index in [0.717, 1.165) is 38.8 Å². The van der Waals surface area contributed by atoms with Crippen LogP contribution in [-0.2, 0) is 11.0 Å². The summed E-state index contributed by atoms with van der Waals surface area (Å²) < 4.78 is 39.7. The number of rotatable bonds is 4. The van der Waals surface area contributed by atoms with Crippen molar-refractivity contribution in [1.29, 1.82) is 0 Å². The zero-order valence-corrected chi connectivity index (χ0v) is 14.8. The third-order valence-electron chi connectivity index (χ3n) is 4.96. The van der Waals surface area contributed by atoms with Gasteiger partial charge in [0.1, 0.15) is 11.6 Å². The highest BCUT2D eigenvalue weighted by Crippen LogP contribution is 2.32. The van der Waals surface area contributed by atoms with Gasteiger partial charge in [-0.15, -0.1) is 0 Å². The molecule has 0 aliphatic carbocycles. The van der Waals surface area contributed by atoms with Gasteiger partial charge in [-0.2, -0.15) is 13.2 Å². The highest BCUT2D eigenvalue weighted by Gasteiger charge is 2.37. The number of amides is 1. The van der Waals surface area contributed by atoms with Crippen LogP contribution in [0.15, 0.2) is 6.07 Å². The van der Waals surface area contributed by atoms with E-state index >= 15 is 0 Å². The molecule has 9 heteroatoms. The molecule has 2 saturated heterocycles. The van der Waals surface area contributed by atoms with Crippen molar-refractivity contribution >= 4 is 17.5 Å². The molecule has 144 valence electrons. The Kier molecular flexibility index (Phi) is 5.52. The second-order valence-corrected chi connectivity index (χ2v) is 6.97. The second kappa shape index (κ2) is 7.67. The lowest BCUT2D eigenvalue weighted by Gasteiger charge is -2.33. The largest absolute Gasteiger partial charge is 0.451 e. The zero-order valence-electron chi connectivity index (χ0n) is 14.8. The molecule has 2 aliphatic heterocycles. The average molecular weight is 371 g/mol.